The molecule has 0 spiro atoms. The Balaban J connectivity index is 1.40. The number of hydrogen-bond donors (Lipinski definition) is 2. The second-order valence-electron chi connectivity index (χ2n) is 6.74. The van der Waals surface area contributed by atoms with Crippen LogP contribution in [0.4, 0.5) is 5.69 Å². The zero-order valence-electron chi connectivity index (χ0n) is 13.5. The topological polar surface area (TPSA) is 70.6 Å². The molecule has 0 bridgehead atoms. The van der Waals surface area contributed by atoms with Crippen LogP contribution < -0.4 is 10.6 Å². The van der Waals surface area contributed by atoms with E-state index < -0.39 is 0 Å². The first kappa shape index (κ1) is 15.7. The van der Waals surface area contributed by atoms with Gasteiger partial charge in [0.25, 0.3) is 5.91 Å². The molecule has 1 heterocycles. The van der Waals surface area contributed by atoms with Gasteiger partial charge in [-0.3, -0.25) is 14.6 Å². The number of thioether (sulfide) groups is 1. The van der Waals surface area contributed by atoms with Gasteiger partial charge in [0.05, 0.1) is 6.04 Å². The molecule has 1 aromatic carbocycles. The maximum atomic E-state index is 12.5. The van der Waals surface area contributed by atoms with Crippen molar-refractivity contribution in [2.45, 2.75) is 49.8 Å². The molecule has 2 saturated carbocycles. The van der Waals surface area contributed by atoms with Crippen LogP contribution in [-0.4, -0.2) is 28.3 Å². The normalized spacial score (nSPS) is 25.6. The Labute approximate surface area is 145 Å². The van der Waals surface area contributed by atoms with Crippen LogP contribution in [0, 0.1) is 5.92 Å². The second-order valence-corrected chi connectivity index (χ2v) is 7.97. The third-order valence-corrected chi connectivity index (χ3v) is 6.06. The summed E-state index contributed by atoms with van der Waals surface area (Å²) in [5.41, 5.74) is 1.22. The molecule has 2 atom stereocenters. The van der Waals surface area contributed by atoms with Gasteiger partial charge in [0.15, 0.2) is 5.17 Å². The highest BCUT2D eigenvalue weighted by Gasteiger charge is 2.33. The van der Waals surface area contributed by atoms with Gasteiger partial charge in [0.2, 0.25) is 5.91 Å². The SMILES string of the molecule is O=C(NC1=NC2CCCCC2S1)c1cccc(NC(=O)C2CC2)c1. The number of amides is 2. The molecule has 2 amide bonds. The number of amidine groups is 1. The highest BCUT2D eigenvalue weighted by molar-refractivity contribution is 8.14. The number of anilines is 1. The van der Waals surface area contributed by atoms with E-state index in [-0.39, 0.29) is 17.7 Å². The fraction of sp³-hybridized carbons (Fsp3) is 0.500. The Morgan fingerprint density at radius 1 is 1.08 bits per heavy atom. The number of aliphatic imine (C=N–C) groups is 1. The quantitative estimate of drug-likeness (QED) is 0.885. The lowest BCUT2D eigenvalue weighted by Crippen LogP contribution is -2.27. The fourth-order valence-electron chi connectivity index (χ4n) is 3.25. The summed E-state index contributed by atoms with van der Waals surface area (Å²) in [4.78, 5) is 29.0. The molecule has 2 N–H and O–H groups in total. The first-order valence-corrected chi connectivity index (χ1v) is 9.54. The van der Waals surface area contributed by atoms with Crippen molar-refractivity contribution in [3.63, 3.8) is 0 Å². The van der Waals surface area contributed by atoms with Crippen molar-refractivity contribution < 1.29 is 9.59 Å². The fourth-order valence-corrected chi connectivity index (χ4v) is 4.52. The van der Waals surface area contributed by atoms with Crippen LogP contribution in [-0.2, 0) is 4.79 Å². The molecule has 6 heteroatoms. The molecule has 24 heavy (non-hydrogen) atoms. The standard InChI is InChI=1S/C18H21N3O2S/c22-16(11-8-9-11)19-13-5-3-4-12(10-13)17(23)21-18-20-14-6-1-2-7-15(14)24-18/h3-5,10-11,14-15H,1-2,6-9H2,(H,19,22)(H,20,21,23). The van der Waals surface area contributed by atoms with Gasteiger partial charge >= 0.3 is 0 Å². The van der Waals surface area contributed by atoms with E-state index in [2.05, 4.69) is 15.6 Å². The predicted molar refractivity (Wildman–Crippen MR) is 96.3 cm³/mol. The number of carbonyl (C=O) groups excluding carboxylic acids is 2. The Bertz CT molecular complexity index is 699. The molecule has 2 unspecified atom stereocenters. The minimum Gasteiger partial charge on any atom is -0.326 e. The van der Waals surface area contributed by atoms with Gasteiger partial charge in [-0.1, -0.05) is 30.7 Å². The van der Waals surface area contributed by atoms with Crippen LogP contribution in [0.25, 0.3) is 0 Å². The molecule has 0 radical (unpaired) electrons. The lowest BCUT2D eigenvalue weighted by molar-refractivity contribution is -0.117. The van der Waals surface area contributed by atoms with Crippen molar-refractivity contribution in [1.82, 2.24) is 5.32 Å². The van der Waals surface area contributed by atoms with Crippen molar-refractivity contribution in [1.29, 1.82) is 0 Å². The molecule has 0 aromatic heterocycles. The van der Waals surface area contributed by atoms with Crippen molar-refractivity contribution in [2.24, 2.45) is 10.9 Å². The second kappa shape index (κ2) is 6.59. The molecule has 4 rings (SSSR count). The maximum Gasteiger partial charge on any atom is 0.257 e. The van der Waals surface area contributed by atoms with Crippen LogP contribution in [0.5, 0.6) is 0 Å². The van der Waals surface area contributed by atoms with Gasteiger partial charge in [-0.25, -0.2) is 0 Å². The van der Waals surface area contributed by atoms with Gasteiger partial charge in [-0.15, -0.1) is 0 Å². The van der Waals surface area contributed by atoms with Crippen LogP contribution in [0.1, 0.15) is 48.9 Å². The van der Waals surface area contributed by atoms with E-state index in [0.717, 1.165) is 24.4 Å². The lowest BCUT2D eigenvalue weighted by atomic mass is 9.96. The molecule has 0 saturated heterocycles. The van der Waals surface area contributed by atoms with Crippen LogP contribution in [0.15, 0.2) is 29.3 Å². The number of fused-ring (bicyclic) bond motifs is 1. The van der Waals surface area contributed by atoms with Crippen LogP contribution >= 0.6 is 11.8 Å². The molecular formula is C18H21N3O2S. The minimum atomic E-state index is -0.164. The molecule has 2 fully saturated rings. The first-order chi connectivity index (χ1) is 11.7. The van der Waals surface area contributed by atoms with E-state index in [0.29, 0.717) is 22.5 Å². The molecule has 126 valence electrons. The third kappa shape index (κ3) is 3.48. The van der Waals surface area contributed by atoms with Crippen LogP contribution in [0.3, 0.4) is 0 Å². The number of rotatable bonds is 3. The molecule has 1 aromatic rings. The monoisotopic (exact) mass is 343 g/mol. The molecule has 3 aliphatic rings. The van der Waals surface area contributed by atoms with Gasteiger partial charge in [-0.05, 0) is 43.9 Å². The number of benzene rings is 1. The molecule has 5 nitrogen and oxygen atoms in total. The minimum absolute atomic E-state index is 0.0485. The summed E-state index contributed by atoms with van der Waals surface area (Å²) >= 11 is 1.69. The van der Waals surface area contributed by atoms with Crippen molar-refractivity contribution in [3.8, 4) is 0 Å². The zero-order valence-corrected chi connectivity index (χ0v) is 14.3. The summed E-state index contributed by atoms with van der Waals surface area (Å²) in [6.07, 6.45) is 6.72. The van der Waals surface area contributed by atoms with Gasteiger partial charge in [-0.2, -0.15) is 0 Å². The number of nitrogens with zero attached hydrogens (tertiary/aromatic N) is 1. The van der Waals surface area contributed by atoms with Gasteiger partial charge in [0.1, 0.15) is 0 Å². The average molecular weight is 343 g/mol. The zero-order chi connectivity index (χ0) is 16.5. The van der Waals surface area contributed by atoms with Crippen molar-refractivity contribution in [3.05, 3.63) is 29.8 Å². The predicted octanol–water partition coefficient (Wildman–Crippen LogP) is 3.18. The Morgan fingerprint density at radius 3 is 2.71 bits per heavy atom. The lowest BCUT2D eigenvalue weighted by Gasteiger charge is -2.21. The molecular weight excluding hydrogens is 322 g/mol. The summed E-state index contributed by atoms with van der Waals surface area (Å²) in [6, 6.07) is 7.45. The third-order valence-electron chi connectivity index (χ3n) is 4.77. The highest BCUT2D eigenvalue weighted by atomic mass is 32.2. The van der Waals surface area contributed by atoms with E-state index >= 15 is 0 Å². The number of carbonyl (C=O) groups is 2. The van der Waals surface area contributed by atoms with E-state index in [1.165, 1.54) is 19.3 Å². The molecule has 1 aliphatic heterocycles. The first-order valence-electron chi connectivity index (χ1n) is 8.66. The largest absolute Gasteiger partial charge is 0.326 e. The van der Waals surface area contributed by atoms with E-state index in [4.69, 9.17) is 0 Å². The summed E-state index contributed by atoms with van der Waals surface area (Å²) < 4.78 is 0. The van der Waals surface area contributed by atoms with Gasteiger partial charge in [0, 0.05) is 22.4 Å². The summed E-state index contributed by atoms with van der Waals surface area (Å²) in [5.74, 6) is 0.0323. The maximum absolute atomic E-state index is 12.5. The van der Waals surface area contributed by atoms with E-state index in [1.54, 1.807) is 30.0 Å². The Kier molecular flexibility index (Phi) is 4.31. The Morgan fingerprint density at radius 2 is 1.92 bits per heavy atom. The van der Waals surface area contributed by atoms with Crippen LogP contribution in [0.2, 0.25) is 0 Å². The molecule has 2 aliphatic carbocycles. The average Bonchev–Trinajstić information content (AvgIpc) is 3.35. The Hall–Kier alpha value is -1.82. The van der Waals surface area contributed by atoms with Crippen molar-refractivity contribution >= 4 is 34.4 Å². The highest BCUT2D eigenvalue weighted by Crippen LogP contribution is 2.36. The van der Waals surface area contributed by atoms with Gasteiger partial charge < -0.3 is 10.6 Å². The van der Waals surface area contributed by atoms with E-state index in [9.17, 15) is 9.59 Å². The smallest absolute Gasteiger partial charge is 0.257 e. The van der Waals surface area contributed by atoms with E-state index in [1.807, 2.05) is 6.07 Å². The number of nitrogens with one attached hydrogen (secondary N) is 2. The summed E-state index contributed by atoms with van der Waals surface area (Å²) in [5, 5.41) is 7.07. The summed E-state index contributed by atoms with van der Waals surface area (Å²) in [7, 11) is 0. The number of hydrogen-bond acceptors (Lipinski definition) is 4. The summed E-state index contributed by atoms with van der Waals surface area (Å²) in [6.45, 7) is 0. The van der Waals surface area contributed by atoms with Crippen molar-refractivity contribution in [2.75, 3.05) is 5.32 Å².